The van der Waals surface area contributed by atoms with Crippen LogP contribution in [0.15, 0.2) is 24.3 Å². The van der Waals surface area contributed by atoms with Gasteiger partial charge in [-0.25, -0.2) is 4.79 Å². The minimum atomic E-state index is 0.0199. The van der Waals surface area contributed by atoms with Crippen molar-refractivity contribution in [2.75, 3.05) is 26.2 Å². The number of nitrogens with one attached hydrogen (secondary N) is 1. The average Bonchev–Trinajstić information content (AvgIpc) is 2.96. The highest BCUT2D eigenvalue weighted by atomic mass is 16.2. The Morgan fingerprint density at radius 1 is 1.00 bits per heavy atom. The van der Waals surface area contributed by atoms with Gasteiger partial charge in [-0.05, 0) is 57.2 Å². The number of carbonyl (C=O) groups excluding carboxylic acids is 2. The fraction of sp³-hybridized carbons (Fsp3) is 0.636. The topological polar surface area (TPSA) is 52.7 Å². The Labute approximate surface area is 163 Å². The predicted octanol–water partition coefficient (Wildman–Crippen LogP) is 4.00. The summed E-state index contributed by atoms with van der Waals surface area (Å²) in [5, 5.41) is 2.99. The number of benzene rings is 1. The fourth-order valence-electron chi connectivity index (χ4n) is 4.15. The maximum Gasteiger partial charge on any atom is 0.317 e. The molecule has 2 heterocycles. The fourth-order valence-corrected chi connectivity index (χ4v) is 4.15. The van der Waals surface area contributed by atoms with Crippen LogP contribution in [0.25, 0.3) is 0 Å². The molecule has 5 heteroatoms. The largest absolute Gasteiger partial charge is 0.339 e. The lowest BCUT2D eigenvalue weighted by molar-refractivity contribution is 0.0761. The van der Waals surface area contributed by atoms with Gasteiger partial charge < -0.3 is 15.1 Å². The normalized spacial score (nSPS) is 21.1. The van der Waals surface area contributed by atoms with E-state index >= 15 is 0 Å². The predicted molar refractivity (Wildman–Crippen MR) is 108 cm³/mol. The molecule has 1 unspecified atom stereocenters. The first-order chi connectivity index (χ1) is 13.0. The van der Waals surface area contributed by atoms with E-state index in [1.54, 1.807) is 0 Å². The van der Waals surface area contributed by atoms with Crippen molar-refractivity contribution in [3.8, 4) is 0 Å². The summed E-state index contributed by atoms with van der Waals surface area (Å²) < 4.78 is 0. The van der Waals surface area contributed by atoms with Crippen molar-refractivity contribution < 1.29 is 9.59 Å². The van der Waals surface area contributed by atoms with Crippen LogP contribution in [0.1, 0.15) is 74.2 Å². The molecule has 0 aromatic heterocycles. The summed E-state index contributed by atoms with van der Waals surface area (Å²) >= 11 is 0. The van der Waals surface area contributed by atoms with E-state index < -0.39 is 0 Å². The second-order valence-corrected chi connectivity index (χ2v) is 8.22. The summed E-state index contributed by atoms with van der Waals surface area (Å²) in [6.45, 7) is 7.24. The molecule has 0 saturated carbocycles. The van der Waals surface area contributed by atoms with Gasteiger partial charge in [-0.1, -0.05) is 25.0 Å². The maximum absolute atomic E-state index is 12.9. The van der Waals surface area contributed by atoms with E-state index in [0.29, 0.717) is 5.92 Å². The van der Waals surface area contributed by atoms with Crippen LogP contribution >= 0.6 is 0 Å². The number of amides is 3. The zero-order valence-electron chi connectivity index (χ0n) is 16.7. The summed E-state index contributed by atoms with van der Waals surface area (Å²) in [6, 6.07) is 8.25. The third-order valence-corrected chi connectivity index (χ3v) is 5.62. The van der Waals surface area contributed by atoms with Gasteiger partial charge >= 0.3 is 6.03 Å². The molecule has 2 fully saturated rings. The molecule has 1 aromatic carbocycles. The van der Waals surface area contributed by atoms with Crippen LogP contribution in [0.5, 0.6) is 0 Å². The zero-order valence-corrected chi connectivity index (χ0v) is 16.7. The molecule has 0 radical (unpaired) electrons. The molecule has 1 aromatic rings. The van der Waals surface area contributed by atoms with Gasteiger partial charge in [0.2, 0.25) is 0 Å². The molecular formula is C22H33N3O2. The van der Waals surface area contributed by atoms with Crippen molar-refractivity contribution in [2.24, 2.45) is 0 Å². The molecule has 2 aliphatic rings. The minimum absolute atomic E-state index is 0.0199. The van der Waals surface area contributed by atoms with Gasteiger partial charge in [0.15, 0.2) is 0 Å². The molecular weight excluding hydrogens is 338 g/mol. The first kappa shape index (κ1) is 19.7. The Balaban J connectivity index is 1.69. The van der Waals surface area contributed by atoms with E-state index in [1.165, 1.54) is 18.4 Å². The van der Waals surface area contributed by atoms with Crippen molar-refractivity contribution in [3.63, 3.8) is 0 Å². The molecule has 0 spiro atoms. The second kappa shape index (κ2) is 9.25. The first-order valence-electron chi connectivity index (χ1n) is 10.5. The third kappa shape index (κ3) is 5.24. The average molecular weight is 372 g/mol. The van der Waals surface area contributed by atoms with Gasteiger partial charge in [-0.2, -0.15) is 0 Å². The van der Waals surface area contributed by atoms with Crippen LogP contribution in [0.4, 0.5) is 4.79 Å². The Kier molecular flexibility index (Phi) is 6.75. The monoisotopic (exact) mass is 371 g/mol. The van der Waals surface area contributed by atoms with Crippen LogP contribution in [-0.2, 0) is 0 Å². The highest BCUT2D eigenvalue weighted by Crippen LogP contribution is 2.28. The SMILES string of the molecule is CC(C)NC(=O)N1CCCC(c2cccc(C(=O)N3CCCCCC3)c2)C1. The van der Waals surface area contributed by atoms with Crippen LogP contribution in [0.2, 0.25) is 0 Å². The van der Waals surface area contributed by atoms with Crippen molar-refractivity contribution in [2.45, 2.75) is 64.3 Å². The van der Waals surface area contributed by atoms with Crippen LogP contribution < -0.4 is 5.32 Å². The summed E-state index contributed by atoms with van der Waals surface area (Å²) in [5.41, 5.74) is 1.97. The summed E-state index contributed by atoms with van der Waals surface area (Å²) in [6.07, 6.45) is 6.72. The molecule has 0 bridgehead atoms. The summed E-state index contributed by atoms with van der Waals surface area (Å²) in [5.74, 6) is 0.456. The van der Waals surface area contributed by atoms with E-state index in [9.17, 15) is 9.59 Å². The van der Waals surface area contributed by atoms with Crippen molar-refractivity contribution in [3.05, 3.63) is 35.4 Å². The molecule has 3 amide bonds. The third-order valence-electron chi connectivity index (χ3n) is 5.62. The highest BCUT2D eigenvalue weighted by molar-refractivity contribution is 5.94. The minimum Gasteiger partial charge on any atom is -0.339 e. The van der Waals surface area contributed by atoms with Gasteiger partial charge in [-0.15, -0.1) is 0 Å². The Morgan fingerprint density at radius 2 is 1.70 bits per heavy atom. The maximum atomic E-state index is 12.9. The molecule has 148 valence electrons. The number of carbonyl (C=O) groups is 2. The molecule has 0 aliphatic carbocycles. The lowest BCUT2D eigenvalue weighted by Gasteiger charge is -2.33. The van der Waals surface area contributed by atoms with Crippen molar-refractivity contribution >= 4 is 11.9 Å². The van der Waals surface area contributed by atoms with E-state index in [1.807, 2.05) is 35.8 Å². The Hall–Kier alpha value is -2.04. The lowest BCUT2D eigenvalue weighted by Crippen LogP contribution is -2.47. The van der Waals surface area contributed by atoms with Gasteiger partial charge in [-0.3, -0.25) is 4.79 Å². The molecule has 1 atom stereocenters. The molecule has 3 rings (SSSR count). The Morgan fingerprint density at radius 3 is 2.41 bits per heavy atom. The second-order valence-electron chi connectivity index (χ2n) is 8.22. The van der Waals surface area contributed by atoms with Crippen molar-refractivity contribution in [1.82, 2.24) is 15.1 Å². The van der Waals surface area contributed by atoms with Crippen LogP contribution in [0, 0.1) is 0 Å². The molecule has 2 aliphatic heterocycles. The molecule has 2 saturated heterocycles. The number of urea groups is 1. The number of piperidine rings is 1. The van der Waals surface area contributed by atoms with Gasteiger partial charge in [0, 0.05) is 43.7 Å². The molecule has 1 N–H and O–H groups in total. The number of hydrogen-bond donors (Lipinski definition) is 1. The zero-order chi connectivity index (χ0) is 19.2. The van der Waals surface area contributed by atoms with E-state index in [-0.39, 0.29) is 18.0 Å². The van der Waals surface area contributed by atoms with Gasteiger partial charge in [0.25, 0.3) is 5.91 Å². The number of hydrogen-bond acceptors (Lipinski definition) is 2. The van der Waals surface area contributed by atoms with Crippen LogP contribution in [0.3, 0.4) is 0 Å². The quantitative estimate of drug-likeness (QED) is 0.873. The highest BCUT2D eigenvalue weighted by Gasteiger charge is 2.26. The van der Waals surface area contributed by atoms with Crippen LogP contribution in [-0.4, -0.2) is 54.0 Å². The van der Waals surface area contributed by atoms with E-state index in [0.717, 1.165) is 57.4 Å². The number of nitrogens with zero attached hydrogens (tertiary/aromatic N) is 2. The van der Waals surface area contributed by atoms with Gasteiger partial charge in [0.1, 0.15) is 0 Å². The first-order valence-corrected chi connectivity index (χ1v) is 10.5. The smallest absolute Gasteiger partial charge is 0.317 e. The standard InChI is InChI=1S/C22H33N3O2/c1-17(2)23-22(27)25-14-8-11-20(16-25)18-9-7-10-19(15-18)21(26)24-12-5-3-4-6-13-24/h7,9-10,15,17,20H,3-6,8,11-14,16H2,1-2H3,(H,23,27). The molecule has 5 nitrogen and oxygen atoms in total. The van der Waals surface area contributed by atoms with Gasteiger partial charge in [0.05, 0.1) is 0 Å². The van der Waals surface area contributed by atoms with E-state index in [4.69, 9.17) is 0 Å². The summed E-state index contributed by atoms with van der Waals surface area (Å²) in [7, 11) is 0. The number of likely N-dealkylation sites (tertiary alicyclic amines) is 2. The number of rotatable bonds is 3. The summed E-state index contributed by atoms with van der Waals surface area (Å²) in [4.78, 5) is 29.2. The lowest BCUT2D eigenvalue weighted by atomic mass is 9.89. The van der Waals surface area contributed by atoms with Crippen molar-refractivity contribution in [1.29, 1.82) is 0 Å². The molecule has 27 heavy (non-hydrogen) atoms. The van der Waals surface area contributed by atoms with E-state index in [2.05, 4.69) is 17.4 Å². The Bertz CT molecular complexity index is 651.